The fraction of sp³-hybridized carbons (Fsp3) is 0.0625. The summed E-state index contributed by atoms with van der Waals surface area (Å²) in [5, 5.41) is 23.7. The third kappa shape index (κ3) is 6.99. The first kappa shape index (κ1) is 30.5. The average Bonchev–Trinajstić information content (AvgIpc) is 2.94. The smallest absolute Gasteiger partial charge is 0.857 e. The van der Waals surface area contributed by atoms with Gasteiger partial charge in [0.15, 0.2) is 0 Å². The first-order valence-corrected chi connectivity index (χ1v) is 11.6. The van der Waals surface area contributed by atoms with E-state index in [0.29, 0.717) is 0 Å². The summed E-state index contributed by atoms with van der Waals surface area (Å²) in [5.41, 5.74) is 0.0845. The first-order valence-electron chi connectivity index (χ1n) is 8.00. The van der Waals surface area contributed by atoms with E-state index in [1.807, 2.05) is 0 Å². The fourth-order valence-corrected chi connectivity index (χ4v) is 4.24. The van der Waals surface area contributed by atoms with Crippen molar-refractivity contribution in [1.82, 2.24) is 9.78 Å². The summed E-state index contributed by atoms with van der Waals surface area (Å²) in [5.74, 6) is -0.752. The van der Waals surface area contributed by atoms with E-state index in [0.717, 1.165) is 28.9 Å². The third-order valence-corrected chi connectivity index (χ3v) is 6.36. The van der Waals surface area contributed by atoms with E-state index in [1.165, 1.54) is 19.1 Å². The van der Waals surface area contributed by atoms with E-state index >= 15 is 0 Å². The van der Waals surface area contributed by atoms with Crippen LogP contribution in [0.5, 0.6) is 5.88 Å². The Hall–Kier alpha value is -0.550. The minimum Gasteiger partial charge on any atom is -0.857 e. The maximum atomic E-state index is 12.7. The Morgan fingerprint density at radius 3 is 2.09 bits per heavy atom. The molecule has 33 heavy (non-hydrogen) atoms. The molecule has 2 aromatic carbocycles. The summed E-state index contributed by atoms with van der Waals surface area (Å²) < 4.78 is 65.5. The van der Waals surface area contributed by atoms with Crippen molar-refractivity contribution in [1.29, 1.82) is 0 Å². The number of rotatable bonds is 5. The topological polar surface area (TPSA) is 177 Å². The molecule has 0 amide bonds. The Bertz CT molecular complexity index is 1430. The second kappa shape index (κ2) is 11.5. The summed E-state index contributed by atoms with van der Waals surface area (Å²) in [6.45, 7) is 1.46. The van der Waals surface area contributed by atoms with E-state index in [9.17, 15) is 26.5 Å². The van der Waals surface area contributed by atoms with Crippen LogP contribution < -0.4 is 64.2 Å². The van der Waals surface area contributed by atoms with Crippen LogP contribution in [-0.4, -0.2) is 35.7 Å². The third-order valence-electron chi connectivity index (χ3n) is 3.89. The molecule has 11 nitrogen and oxygen atoms in total. The second-order valence-electron chi connectivity index (χ2n) is 6.01. The molecule has 0 radical (unpaired) electrons. The van der Waals surface area contributed by atoms with Crippen molar-refractivity contribution in [3.05, 3.63) is 52.1 Å². The van der Waals surface area contributed by atoms with Crippen molar-refractivity contribution in [2.75, 3.05) is 0 Å². The molecule has 164 valence electrons. The Morgan fingerprint density at radius 2 is 1.58 bits per heavy atom. The predicted molar refractivity (Wildman–Crippen MR) is 106 cm³/mol. The SMILES string of the molecule is Cc1nn(-c2cc(Cl)c(S(=O)(=O)O)cc2Cl)c([O-])c1N=Nc1ccc(S(=O)(=O)[O-])cc1.[Na+].[Na+]. The zero-order valence-corrected chi connectivity index (χ0v) is 24.4. The van der Waals surface area contributed by atoms with Gasteiger partial charge in [-0.3, -0.25) is 4.55 Å². The molecule has 0 aliphatic heterocycles. The van der Waals surface area contributed by atoms with Crippen LogP contribution in [0.4, 0.5) is 11.4 Å². The van der Waals surface area contributed by atoms with Crippen molar-refractivity contribution in [3.8, 4) is 11.6 Å². The molecule has 3 aromatic rings. The summed E-state index contributed by atoms with van der Waals surface area (Å²) in [6, 6.07) is 6.46. The molecular formula is C16H10Cl2N4Na2O7S2. The summed E-state index contributed by atoms with van der Waals surface area (Å²) in [6.07, 6.45) is 0. The van der Waals surface area contributed by atoms with Crippen LogP contribution in [0.1, 0.15) is 5.69 Å². The molecule has 0 spiro atoms. The van der Waals surface area contributed by atoms with Crippen LogP contribution in [0.2, 0.25) is 10.0 Å². The van der Waals surface area contributed by atoms with Gasteiger partial charge in [0, 0.05) is 5.88 Å². The summed E-state index contributed by atoms with van der Waals surface area (Å²) in [7, 11) is -9.24. The fourth-order valence-electron chi connectivity index (χ4n) is 2.44. The zero-order valence-electron chi connectivity index (χ0n) is 17.2. The maximum absolute atomic E-state index is 12.7. The average molecular weight is 551 g/mol. The van der Waals surface area contributed by atoms with Crippen LogP contribution in [0.3, 0.4) is 0 Å². The molecule has 0 aliphatic rings. The number of halogens is 2. The molecule has 17 heteroatoms. The van der Waals surface area contributed by atoms with Gasteiger partial charge >= 0.3 is 59.1 Å². The molecule has 0 atom stereocenters. The Labute approximate surface area is 242 Å². The van der Waals surface area contributed by atoms with Gasteiger partial charge in [0.1, 0.15) is 20.7 Å². The zero-order chi connectivity index (χ0) is 23.1. The van der Waals surface area contributed by atoms with Gasteiger partial charge in [-0.15, -0.1) is 5.11 Å². The number of aryl methyl sites for hydroxylation is 1. The number of azo groups is 1. The van der Waals surface area contributed by atoms with Crippen LogP contribution >= 0.6 is 23.2 Å². The maximum Gasteiger partial charge on any atom is 1.00 e. The predicted octanol–water partition coefficient (Wildman–Crippen LogP) is -2.86. The number of nitrogens with zero attached hydrogens (tertiary/aromatic N) is 4. The first-order chi connectivity index (χ1) is 14.3. The molecule has 0 saturated heterocycles. The summed E-state index contributed by atoms with van der Waals surface area (Å²) >= 11 is 11.9. The molecule has 1 aromatic heterocycles. The van der Waals surface area contributed by atoms with Crippen molar-refractivity contribution < 1.29 is 90.2 Å². The molecule has 3 rings (SSSR count). The largest absolute Gasteiger partial charge is 1.00 e. The van der Waals surface area contributed by atoms with Crippen LogP contribution in [-0.2, 0) is 20.2 Å². The van der Waals surface area contributed by atoms with Gasteiger partial charge in [-0.25, -0.2) is 13.1 Å². The number of benzene rings is 2. The van der Waals surface area contributed by atoms with Crippen LogP contribution in [0, 0.1) is 6.92 Å². The quantitative estimate of drug-likeness (QED) is 0.200. The van der Waals surface area contributed by atoms with E-state index in [-0.39, 0.29) is 91.9 Å². The monoisotopic (exact) mass is 550 g/mol. The minimum absolute atomic E-state index is 0. The Balaban J connectivity index is 0.00000272. The molecule has 0 bridgehead atoms. The second-order valence-corrected chi connectivity index (χ2v) is 9.59. The number of aromatic nitrogens is 2. The standard InChI is InChI=1S/C16H12Cl2N4O7S2.2Na/c1-8-15(20-19-9-2-4-10(5-3-9)30(24,25)26)16(23)22(21-8)13-6-12(18)14(7-11(13)17)31(27,28)29;;/h2-7,23H,1H3,(H,24,25,26)(H,27,28,29);;/q;2*+1/p-2. The normalized spacial score (nSPS) is 11.8. The van der Waals surface area contributed by atoms with Gasteiger partial charge in [-0.05, 0) is 43.3 Å². The van der Waals surface area contributed by atoms with Gasteiger partial charge in [-0.2, -0.15) is 18.6 Å². The van der Waals surface area contributed by atoms with Crippen molar-refractivity contribution in [2.24, 2.45) is 10.2 Å². The minimum atomic E-state index is -4.63. The molecular weight excluding hydrogens is 541 g/mol. The van der Waals surface area contributed by atoms with Gasteiger partial charge < -0.3 is 9.66 Å². The van der Waals surface area contributed by atoms with Gasteiger partial charge in [0.2, 0.25) is 0 Å². The van der Waals surface area contributed by atoms with Gasteiger partial charge in [0.25, 0.3) is 10.1 Å². The molecule has 0 unspecified atom stereocenters. The molecule has 0 saturated carbocycles. The van der Waals surface area contributed by atoms with E-state index in [1.54, 1.807) is 0 Å². The van der Waals surface area contributed by atoms with Crippen molar-refractivity contribution >= 4 is 54.8 Å². The van der Waals surface area contributed by atoms with Crippen molar-refractivity contribution in [3.63, 3.8) is 0 Å². The van der Waals surface area contributed by atoms with Gasteiger partial charge in [-0.1, -0.05) is 23.2 Å². The van der Waals surface area contributed by atoms with Crippen LogP contribution in [0.25, 0.3) is 5.69 Å². The van der Waals surface area contributed by atoms with E-state index < -0.39 is 35.9 Å². The molecule has 1 N–H and O–H groups in total. The Morgan fingerprint density at radius 1 is 1.00 bits per heavy atom. The molecule has 0 fully saturated rings. The van der Waals surface area contributed by atoms with Crippen molar-refractivity contribution in [2.45, 2.75) is 16.7 Å². The van der Waals surface area contributed by atoms with Crippen LogP contribution in [0.15, 0.2) is 56.4 Å². The molecule has 1 heterocycles. The number of hydrogen-bond acceptors (Lipinski definition) is 9. The molecule has 0 aliphatic carbocycles. The van der Waals surface area contributed by atoms with E-state index in [4.69, 9.17) is 27.8 Å². The number of hydrogen-bond donors (Lipinski definition) is 1. The van der Waals surface area contributed by atoms with E-state index in [2.05, 4.69) is 15.3 Å². The van der Waals surface area contributed by atoms with Gasteiger partial charge in [0.05, 0.1) is 32.0 Å². The summed E-state index contributed by atoms with van der Waals surface area (Å²) in [4.78, 5) is -1.08. The Kier molecular flexibility index (Phi) is 10.6.